The average Bonchev–Trinajstić information content (AvgIpc) is 1.66. The number of nitrogens with two attached hydrogens (primary N) is 2. The van der Waals surface area contributed by atoms with Crippen LogP contribution in [0.25, 0.3) is 0 Å². The minimum Gasteiger partial charge on any atom is -0.330 e. The van der Waals surface area contributed by atoms with Gasteiger partial charge in [0.25, 0.3) is 0 Å². The summed E-state index contributed by atoms with van der Waals surface area (Å²) in [6.07, 6.45) is 2.61. The van der Waals surface area contributed by atoms with Gasteiger partial charge in [-0.05, 0) is 37.8 Å². The molecular formula is C6H14N2. The van der Waals surface area contributed by atoms with Crippen molar-refractivity contribution >= 4 is 0 Å². The summed E-state index contributed by atoms with van der Waals surface area (Å²) >= 11 is 0. The summed E-state index contributed by atoms with van der Waals surface area (Å²) in [5, 5.41) is 0. The number of rotatable bonds is 2. The SMILES string of the molecule is NCC1CC[C@H]1CN. The maximum Gasteiger partial charge on any atom is -0.00457 e. The van der Waals surface area contributed by atoms with Gasteiger partial charge in [0, 0.05) is 0 Å². The van der Waals surface area contributed by atoms with Crippen LogP contribution < -0.4 is 11.5 Å². The lowest BCUT2D eigenvalue weighted by molar-refractivity contribution is 0.192. The van der Waals surface area contributed by atoms with Crippen LogP contribution in [0.4, 0.5) is 0 Å². The fraction of sp³-hybridized carbons (Fsp3) is 1.00. The van der Waals surface area contributed by atoms with Crippen LogP contribution in [0.3, 0.4) is 0 Å². The number of hydrogen-bond acceptors (Lipinski definition) is 2. The summed E-state index contributed by atoms with van der Waals surface area (Å²) < 4.78 is 0. The van der Waals surface area contributed by atoms with Crippen LogP contribution in [0, 0.1) is 11.8 Å². The molecule has 0 heterocycles. The highest BCUT2D eigenvalue weighted by molar-refractivity contribution is 4.81. The maximum absolute atomic E-state index is 5.44. The zero-order chi connectivity index (χ0) is 5.98. The van der Waals surface area contributed by atoms with Crippen LogP contribution in [0.15, 0.2) is 0 Å². The van der Waals surface area contributed by atoms with Crippen molar-refractivity contribution in [2.75, 3.05) is 13.1 Å². The molecule has 0 spiro atoms. The summed E-state index contributed by atoms with van der Waals surface area (Å²) in [4.78, 5) is 0. The molecule has 0 radical (unpaired) electrons. The quantitative estimate of drug-likeness (QED) is 0.528. The van der Waals surface area contributed by atoms with Crippen molar-refractivity contribution in [2.45, 2.75) is 12.8 Å². The molecule has 4 N–H and O–H groups in total. The smallest absolute Gasteiger partial charge is 0.00457 e. The van der Waals surface area contributed by atoms with Crippen LogP contribution >= 0.6 is 0 Å². The Bertz CT molecular complexity index is 58.9. The van der Waals surface area contributed by atoms with Crippen molar-refractivity contribution in [3.05, 3.63) is 0 Å². The second-order valence-electron chi connectivity index (χ2n) is 2.57. The summed E-state index contributed by atoms with van der Waals surface area (Å²) in [6.45, 7) is 1.67. The van der Waals surface area contributed by atoms with E-state index in [9.17, 15) is 0 Å². The molecule has 1 rings (SSSR count). The van der Waals surface area contributed by atoms with Gasteiger partial charge in [0.15, 0.2) is 0 Å². The molecule has 0 amide bonds. The zero-order valence-corrected chi connectivity index (χ0v) is 5.14. The van der Waals surface area contributed by atoms with Crippen LogP contribution in [-0.2, 0) is 0 Å². The maximum atomic E-state index is 5.44. The first kappa shape index (κ1) is 6.05. The second kappa shape index (κ2) is 2.46. The lowest BCUT2D eigenvalue weighted by atomic mass is 9.74. The van der Waals surface area contributed by atoms with Crippen molar-refractivity contribution < 1.29 is 0 Å². The van der Waals surface area contributed by atoms with Gasteiger partial charge in [0.1, 0.15) is 0 Å². The molecule has 1 aliphatic carbocycles. The molecule has 1 saturated carbocycles. The standard InChI is InChI=1S/C6H14N2/c7-3-5-1-2-6(5)4-8/h5-6H,1-4,7-8H2/t5-,6?/m0/s1. The van der Waals surface area contributed by atoms with Gasteiger partial charge in [-0.3, -0.25) is 0 Å². The summed E-state index contributed by atoms with van der Waals surface area (Å²) in [5.74, 6) is 1.50. The Labute approximate surface area is 50.2 Å². The molecule has 1 aliphatic rings. The monoisotopic (exact) mass is 114 g/mol. The lowest BCUT2D eigenvalue weighted by Crippen LogP contribution is -2.36. The zero-order valence-electron chi connectivity index (χ0n) is 5.14. The average molecular weight is 114 g/mol. The van der Waals surface area contributed by atoms with Crippen molar-refractivity contribution in [3.63, 3.8) is 0 Å². The van der Waals surface area contributed by atoms with Gasteiger partial charge < -0.3 is 11.5 Å². The molecule has 2 atom stereocenters. The van der Waals surface area contributed by atoms with Gasteiger partial charge in [-0.2, -0.15) is 0 Å². The van der Waals surface area contributed by atoms with E-state index in [1.54, 1.807) is 0 Å². The molecule has 1 fully saturated rings. The molecule has 0 saturated heterocycles. The van der Waals surface area contributed by atoms with Crippen molar-refractivity contribution in [2.24, 2.45) is 23.3 Å². The van der Waals surface area contributed by atoms with Gasteiger partial charge in [0.05, 0.1) is 0 Å². The largest absolute Gasteiger partial charge is 0.330 e. The molecule has 48 valence electrons. The van der Waals surface area contributed by atoms with Crippen LogP contribution in [0.5, 0.6) is 0 Å². The van der Waals surface area contributed by atoms with Crippen LogP contribution in [0.1, 0.15) is 12.8 Å². The highest BCUT2D eigenvalue weighted by atomic mass is 14.6. The molecule has 0 aliphatic heterocycles. The lowest BCUT2D eigenvalue weighted by Gasteiger charge is -2.34. The van der Waals surface area contributed by atoms with E-state index >= 15 is 0 Å². The van der Waals surface area contributed by atoms with Crippen molar-refractivity contribution in [1.82, 2.24) is 0 Å². The molecule has 0 aromatic carbocycles. The molecule has 2 nitrogen and oxygen atoms in total. The van der Waals surface area contributed by atoms with E-state index in [1.165, 1.54) is 12.8 Å². The molecule has 1 unspecified atom stereocenters. The fourth-order valence-electron chi connectivity index (χ4n) is 1.26. The van der Waals surface area contributed by atoms with Gasteiger partial charge in [-0.15, -0.1) is 0 Å². The minimum absolute atomic E-state index is 0.750. The normalized spacial score (nSPS) is 36.8. The van der Waals surface area contributed by atoms with Gasteiger partial charge in [-0.25, -0.2) is 0 Å². The first-order chi connectivity index (χ1) is 3.88. The van der Waals surface area contributed by atoms with E-state index in [4.69, 9.17) is 11.5 Å². The van der Waals surface area contributed by atoms with Crippen molar-refractivity contribution in [3.8, 4) is 0 Å². The van der Waals surface area contributed by atoms with E-state index in [0.29, 0.717) is 0 Å². The highest BCUT2D eigenvalue weighted by Gasteiger charge is 2.27. The topological polar surface area (TPSA) is 52.0 Å². The first-order valence-electron chi connectivity index (χ1n) is 3.28. The van der Waals surface area contributed by atoms with E-state index in [0.717, 1.165) is 24.9 Å². The van der Waals surface area contributed by atoms with Crippen LogP contribution in [-0.4, -0.2) is 13.1 Å². The van der Waals surface area contributed by atoms with Gasteiger partial charge in [0.2, 0.25) is 0 Å². The van der Waals surface area contributed by atoms with E-state index in [1.807, 2.05) is 0 Å². The molecule has 0 bridgehead atoms. The van der Waals surface area contributed by atoms with E-state index in [2.05, 4.69) is 0 Å². The highest BCUT2D eigenvalue weighted by Crippen LogP contribution is 2.31. The molecule has 8 heavy (non-hydrogen) atoms. The fourth-order valence-corrected chi connectivity index (χ4v) is 1.26. The Morgan fingerprint density at radius 1 is 1.00 bits per heavy atom. The van der Waals surface area contributed by atoms with E-state index < -0.39 is 0 Å². The third-order valence-electron chi connectivity index (χ3n) is 2.18. The van der Waals surface area contributed by atoms with Gasteiger partial charge in [-0.1, -0.05) is 0 Å². The van der Waals surface area contributed by atoms with Gasteiger partial charge >= 0.3 is 0 Å². The molecular weight excluding hydrogens is 100 g/mol. The first-order valence-corrected chi connectivity index (χ1v) is 3.28. The Morgan fingerprint density at radius 3 is 1.50 bits per heavy atom. The molecule has 2 heteroatoms. The molecule has 0 aromatic heterocycles. The molecule has 0 aromatic rings. The Balaban J connectivity index is 2.16. The van der Waals surface area contributed by atoms with E-state index in [-0.39, 0.29) is 0 Å². The predicted molar refractivity (Wildman–Crippen MR) is 34.3 cm³/mol. The summed E-state index contributed by atoms with van der Waals surface area (Å²) in [6, 6.07) is 0. The van der Waals surface area contributed by atoms with Crippen LogP contribution in [0.2, 0.25) is 0 Å². The Kier molecular flexibility index (Phi) is 1.86. The second-order valence-corrected chi connectivity index (χ2v) is 2.57. The third kappa shape index (κ3) is 0.858. The van der Waals surface area contributed by atoms with Crippen molar-refractivity contribution in [1.29, 1.82) is 0 Å². The number of hydrogen-bond donors (Lipinski definition) is 2. The predicted octanol–water partition coefficient (Wildman–Crippen LogP) is -0.0700. The Hall–Kier alpha value is -0.0800. The third-order valence-corrected chi connectivity index (χ3v) is 2.18. The minimum atomic E-state index is 0.750. The summed E-state index contributed by atoms with van der Waals surface area (Å²) in [5.41, 5.74) is 10.9. The summed E-state index contributed by atoms with van der Waals surface area (Å²) in [7, 11) is 0. The Morgan fingerprint density at radius 2 is 1.38 bits per heavy atom.